The molecule has 4 N–H and O–H groups in total. The molecule has 0 aliphatic rings. The summed E-state index contributed by atoms with van der Waals surface area (Å²) in [6, 6.07) is 2.23. The number of aromatic nitrogens is 2. The molecular weight excluding hydrogens is 298 g/mol. The van der Waals surface area contributed by atoms with Gasteiger partial charge in [-0.3, -0.25) is 19.0 Å². The van der Waals surface area contributed by atoms with Crippen molar-refractivity contribution in [3.05, 3.63) is 44.0 Å². The van der Waals surface area contributed by atoms with Gasteiger partial charge < -0.3 is 15.8 Å². The third-order valence-electron chi connectivity index (χ3n) is 3.29. The first-order valence-corrected chi connectivity index (χ1v) is 6.03. The molecule has 1 atom stereocenters. The lowest BCUT2D eigenvalue weighted by Crippen LogP contribution is -2.43. The smallest absolute Gasteiger partial charge is 0.322 e. The van der Waals surface area contributed by atoms with Gasteiger partial charge in [0.2, 0.25) is 0 Å². The average molecular weight is 314 g/mol. The fraction of sp³-hybridized carbons (Fsp3) is 0.308. The SMILES string of the molecule is Cc1cc2[nH]c(=O)c(=O)n(C[C@H](N)C(=O)O)c2cc1C.Cl. The third kappa shape index (κ3) is 3.14. The molecule has 0 aliphatic heterocycles. The van der Waals surface area contributed by atoms with E-state index >= 15 is 0 Å². The number of halogens is 1. The Balaban J connectivity index is 0.00000220. The number of carbonyl (C=O) groups is 1. The standard InChI is InChI=1S/C13H15N3O4.ClH/c1-6-3-9-10(4-7(6)2)16(5-8(14)13(19)20)12(18)11(17)15-9;/h3-4,8H,5,14H2,1-2H3,(H,15,17)(H,19,20);1H/t8-;/m0./s1. The van der Waals surface area contributed by atoms with Crippen LogP contribution in [-0.4, -0.2) is 26.7 Å². The Hall–Kier alpha value is -2.12. The van der Waals surface area contributed by atoms with Crippen LogP contribution in [-0.2, 0) is 11.3 Å². The van der Waals surface area contributed by atoms with Crippen LogP contribution in [0.4, 0.5) is 0 Å². The quantitative estimate of drug-likeness (QED) is 0.697. The van der Waals surface area contributed by atoms with E-state index in [9.17, 15) is 14.4 Å². The molecule has 0 aliphatic carbocycles. The van der Waals surface area contributed by atoms with Crippen molar-refractivity contribution in [3.63, 3.8) is 0 Å². The van der Waals surface area contributed by atoms with Crippen LogP contribution < -0.4 is 16.9 Å². The topological polar surface area (TPSA) is 118 Å². The molecule has 0 saturated carbocycles. The van der Waals surface area contributed by atoms with Crippen LogP contribution in [0.1, 0.15) is 11.1 Å². The van der Waals surface area contributed by atoms with Crippen LogP contribution in [0, 0.1) is 13.8 Å². The normalized spacial score (nSPS) is 12.0. The van der Waals surface area contributed by atoms with Crippen LogP contribution >= 0.6 is 12.4 Å². The van der Waals surface area contributed by atoms with Crippen molar-refractivity contribution in [1.82, 2.24) is 9.55 Å². The summed E-state index contributed by atoms with van der Waals surface area (Å²) < 4.78 is 1.11. The molecule has 0 saturated heterocycles. The molecule has 0 radical (unpaired) electrons. The Morgan fingerprint density at radius 3 is 2.48 bits per heavy atom. The fourth-order valence-corrected chi connectivity index (χ4v) is 1.99. The molecular formula is C13H16ClN3O4. The van der Waals surface area contributed by atoms with Gasteiger partial charge in [-0.2, -0.15) is 0 Å². The summed E-state index contributed by atoms with van der Waals surface area (Å²) in [5.41, 5.74) is 6.69. The molecule has 1 heterocycles. The van der Waals surface area contributed by atoms with E-state index in [0.29, 0.717) is 11.0 Å². The number of hydrogen-bond donors (Lipinski definition) is 3. The van der Waals surface area contributed by atoms with Crippen molar-refractivity contribution >= 4 is 29.4 Å². The molecule has 21 heavy (non-hydrogen) atoms. The number of aliphatic carboxylic acids is 1. The van der Waals surface area contributed by atoms with Gasteiger partial charge in [-0.15, -0.1) is 12.4 Å². The molecule has 2 aromatic rings. The van der Waals surface area contributed by atoms with Crippen LogP contribution in [0.5, 0.6) is 0 Å². The highest BCUT2D eigenvalue weighted by atomic mass is 35.5. The number of rotatable bonds is 3. The summed E-state index contributed by atoms with van der Waals surface area (Å²) in [7, 11) is 0. The van der Waals surface area contributed by atoms with Gasteiger partial charge >= 0.3 is 17.1 Å². The first-order valence-electron chi connectivity index (χ1n) is 6.03. The van der Waals surface area contributed by atoms with E-state index in [4.69, 9.17) is 10.8 Å². The molecule has 1 aromatic heterocycles. The van der Waals surface area contributed by atoms with E-state index in [2.05, 4.69) is 4.98 Å². The number of hydrogen-bond acceptors (Lipinski definition) is 4. The highest BCUT2D eigenvalue weighted by molar-refractivity contribution is 5.85. The van der Waals surface area contributed by atoms with Crippen LogP contribution in [0.15, 0.2) is 21.7 Å². The van der Waals surface area contributed by atoms with Gasteiger partial charge in [0, 0.05) is 0 Å². The summed E-state index contributed by atoms with van der Waals surface area (Å²) in [5, 5.41) is 8.85. The maximum absolute atomic E-state index is 11.9. The number of aryl methyl sites for hydroxylation is 2. The van der Waals surface area contributed by atoms with Gasteiger partial charge in [-0.25, -0.2) is 0 Å². The molecule has 8 heteroatoms. The van der Waals surface area contributed by atoms with E-state index < -0.39 is 23.1 Å². The zero-order valence-corrected chi connectivity index (χ0v) is 12.4. The zero-order chi connectivity index (χ0) is 15.0. The third-order valence-corrected chi connectivity index (χ3v) is 3.29. The van der Waals surface area contributed by atoms with Crippen molar-refractivity contribution in [2.75, 3.05) is 0 Å². The highest BCUT2D eigenvalue weighted by Gasteiger charge is 2.16. The maximum Gasteiger partial charge on any atom is 0.322 e. The number of nitrogens with one attached hydrogen (secondary N) is 1. The van der Waals surface area contributed by atoms with Crippen molar-refractivity contribution in [1.29, 1.82) is 0 Å². The summed E-state index contributed by atoms with van der Waals surface area (Å²) in [6.07, 6.45) is 0. The average Bonchev–Trinajstić information content (AvgIpc) is 2.37. The number of nitrogens with zero attached hydrogens (tertiary/aromatic N) is 1. The molecule has 0 unspecified atom stereocenters. The van der Waals surface area contributed by atoms with Crippen LogP contribution in [0.2, 0.25) is 0 Å². The number of benzene rings is 1. The lowest BCUT2D eigenvalue weighted by molar-refractivity contribution is -0.138. The summed E-state index contributed by atoms with van der Waals surface area (Å²) >= 11 is 0. The minimum absolute atomic E-state index is 0. The molecule has 0 bridgehead atoms. The fourth-order valence-electron chi connectivity index (χ4n) is 1.99. The number of carboxylic acids is 1. The second-order valence-corrected chi connectivity index (χ2v) is 4.77. The highest BCUT2D eigenvalue weighted by Crippen LogP contribution is 2.15. The van der Waals surface area contributed by atoms with Crippen LogP contribution in [0.3, 0.4) is 0 Å². The Labute approximate surface area is 125 Å². The predicted octanol–water partition coefficient (Wildman–Crippen LogP) is 0.140. The van der Waals surface area contributed by atoms with Crippen LogP contribution in [0.25, 0.3) is 11.0 Å². The molecule has 0 spiro atoms. The van der Waals surface area contributed by atoms with Gasteiger partial charge in [-0.05, 0) is 37.1 Å². The molecule has 114 valence electrons. The summed E-state index contributed by atoms with van der Waals surface area (Å²) in [4.78, 5) is 36.9. The van der Waals surface area contributed by atoms with Crippen molar-refractivity contribution < 1.29 is 9.90 Å². The van der Waals surface area contributed by atoms with E-state index in [1.807, 2.05) is 13.8 Å². The van der Waals surface area contributed by atoms with E-state index in [1.165, 1.54) is 0 Å². The molecule has 7 nitrogen and oxygen atoms in total. The number of fused-ring (bicyclic) bond motifs is 1. The van der Waals surface area contributed by atoms with Gasteiger partial charge in [-0.1, -0.05) is 0 Å². The molecule has 1 aromatic carbocycles. The number of H-pyrrole nitrogens is 1. The van der Waals surface area contributed by atoms with E-state index in [0.717, 1.165) is 15.7 Å². The Bertz CT molecular complexity index is 809. The summed E-state index contributed by atoms with van der Waals surface area (Å²) in [6.45, 7) is 3.49. The first kappa shape index (κ1) is 16.9. The van der Waals surface area contributed by atoms with Crippen molar-refractivity contribution in [2.24, 2.45) is 5.73 Å². The monoisotopic (exact) mass is 313 g/mol. The first-order chi connectivity index (χ1) is 9.31. The largest absolute Gasteiger partial charge is 0.480 e. The minimum atomic E-state index is -1.25. The van der Waals surface area contributed by atoms with Gasteiger partial charge in [0.15, 0.2) is 0 Å². The van der Waals surface area contributed by atoms with Gasteiger partial charge in [0.25, 0.3) is 0 Å². The van der Waals surface area contributed by atoms with Gasteiger partial charge in [0.1, 0.15) is 6.04 Å². The Morgan fingerprint density at radius 2 is 1.90 bits per heavy atom. The van der Waals surface area contributed by atoms with Gasteiger partial charge in [0.05, 0.1) is 17.6 Å². The number of aromatic amines is 1. The predicted molar refractivity (Wildman–Crippen MR) is 81.2 cm³/mol. The Morgan fingerprint density at radius 1 is 1.33 bits per heavy atom. The zero-order valence-electron chi connectivity index (χ0n) is 11.5. The molecule has 0 fully saturated rings. The lowest BCUT2D eigenvalue weighted by atomic mass is 10.1. The molecule has 0 amide bonds. The van der Waals surface area contributed by atoms with E-state index in [1.54, 1.807) is 12.1 Å². The minimum Gasteiger partial charge on any atom is -0.480 e. The lowest BCUT2D eigenvalue weighted by Gasteiger charge is -2.13. The second-order valence-electron chi connectivity index (χ2n) is 4.77. The number of carboxylic acid groups (broad SMARTS) is 1. The summed E-state index contributed by atoms with van der Waals surface area (Å²) in [5.74, 6) is -1.23. The number of nitrogens with two attached hydrogens (primary N) is 1. The van der Waals surface area contributed by atoms with Crippen molar-refractivity contribution in [2.45, 2.75) is 26.4 Å². The van der Waals surface area contributed by atoms with Crippen molar-refractivity contribution in [3.8, 4) is 0 Å². The molecule has 2 rings (SSSR count). The van der Waals surface area contributed by atoms with E-state index in [-0.39, 0.29) is 19.0 Å². The Kier molecular flexibility index (Phi) is 4.93. The second kappa shape index (κ2) is 6.11. The maximum atomic E-state index is 11.9.